The minimum Gasteiger partial charge on any atom is -0.384 e. The van der Waals surface area contributed by atoms with Crippen molar-refractivity contribution in [2.75, 3.05) is 17.2 Å². The van der Waals surface area contributed by atoms with Crippen LogP contribution in [-0.2, 0) is 9.59 Å². The Balaban J connectivity index is 2.27. The number of nitrogens with two attached hydrogens (primary N) is 1. The second kappa shape index (κ2) is 3.10. The largest absolute Gasteiger partial charge is 0.384 e. The highest BCUT2D eigenvalue weighted by Crippen LogP contribution is 2.18. The summed E-state index contributed by atoms with van der Waals surface area (Å²) >= 11 is 0. The second-order valence-electron chi connectivity index (χ2n) is 3.14. The second-order valence-corrected chi connectivity index (χ2v) is 3.14. The van der Waals surface area contributed by atoms with E-state index in [0.29, 0.717) is 11.5 Å². The first-order chi connectivity index (χ1) is 6.66. The molecule has 72 valence electrons. The molecule has 1 aromatic rings. The molecule has 1 saturated heterocycles. The molecule has 0 spiro atoms. The van der Waals surface area contributed by atoms with Crippen LogP contribution < -0.4 is 10.6 Å². The van der Waals surface area contributed by atoms with E-state index in [4.69, 9.17) is 5.73 Å². The van der Waals surface area contributed by atoms with Crippen LogP contribution in [0.15, 0.2) is 18.3 Å². The fourth-order valence-corrected chi connectivity index (χ4v) is 1.38. The van der Waals surface area contributed by atoms with Crippen LogP contribution in [0.4, 0.5) is 11.5 Å². The Hall–Kier alpha value is -1.91. The van der Waals surface area contributed by atoms with Crippen molar-refractivity contribution in [2.45, 2.75) is 6.42 Å². The summed E-state index contributed by atoms with van der Waals surface area (Å²) in [4.78, 5) is 27.6. The van der Waals surface area contributed by atoms with Crippen molar-refractivity contribution in [2.24, 2.45) is 0 Å². The number of carbonyl (C=O) groups is 2. The number of amides is 1. The lowest BCUT2D eigenvalue weighted by Gasteiger charge is -2.13. The molecule has 5 heteroatoms. The van der Waals surface area contributed by atoms with E-state index >= 15 is 0 Å². The number of anilines is 2. The van der Waals surface area contributed by atoms with E-state index in [9.17, 15) is 9.59 Å². The number of pyridine rings is 1. The summed E-state index contributed by atoms with van der Waals surface area (Å²) in [6.07, 6.45) is 1.48. The lowest BCUT2D eigenvalue weighted by molar-refractivity contribution is -0.121. The first-order valence-electron chi connectivity index (χ1n) is 4.20. The summed E-state index contributed by atoms with van der Waals surface area (Å²) in [5, 5.41) is 0. The summed E-state index contributed by atoms with van der Waals surface area (Å²) in [5.74, 6) is 0.153. The van der Waals surface area contributed by atoms with Gasteiger partial charge >= 0.3 is 0 Å². The number of Topliss-reactive ketones (excluding diaryl/α,β-unsaturated/α-hetero) is 1. The van der Waals surface area contributed by atoms with Gasteiger partial charge in [0.25, 0.3) is 0 Å². The molecule has 1 aliphatic heterocycles. The van der Waals surface area contributed by atoms with Crippen molar-refractivity contribution < 1.29 is 9.59 Å². The van der Waals surface area contributed by atoms with Crippen LogP contribution in [0.1, 0.15) is 6.42 Å². The number of hydrogen-bond acceptors (Lipinski definition) is 4. The molecular formula is C9H9N3O2. The number of carbonyl (C=O) groups excluding carboxylic acids is 2. The Morgan fingerprint density at radius 3 is 2.64 bits per heavy atom. The van der Waals surface area contributed by atoms with E-state index in [2.05, 4.69) is 4.98 Å². The molecule has 1 fully saturated rings. The highest BCUT2D eigenvalue weighted by molar-refractivity contribution is 6.14. The Labute approximate surface area is 80.5 Å². The van der Waals surface area contributed by atoms with Gasteiger partial charge in [0.05, 0.1) is 24.8 Å². The molecule has 0 saturated carbocycles. The average molecular weight is 191 g/mol. The molecule has 2 heterocycles. The zero-order chi connectivity index (χ0) is 10.1. The summed E-state index contributed by atoms with van der Waals surface area (Å²) in [6, 6.07) is 3.28. The number of nitrogens with zero attached hydrogens (tertiary/aromatic N) is 2. The van der Waals surface area contributed by atoms with Crippen LogP contribution in [0.3, 0.4) is 0 Å². The lowest BCUT2D eigenvalue weighted by atomic mass is 10.3. The van der Waals surface area contributed by atoms with Crippen molar-refractivity contribution >= 4 is 23.2 Å². The van der Waals surface area contributed by atoms with Crippen LogP contribution in [-0.4, -0.2) is 23.2 Å². The molecule has 0 radical (unpaired) electrons. The molecule has 0 atom stereocenters. The Kier molecular flexibility index (Phi) is 1.92. The van der Waals surface area contributed by atoms with Crippen LogP contribution >= 0.6 is 0 Å². The first kappa shape index (κ1) is 8.68. The number of nitrogen functional groups attached to an aromatic ring is 1. The highest BCUT2D eigenvalue weighted by Gasteiger charge is 2.28. The fourth-order valence-electron chi connectivity index (χ4n) is 1.38. The van der Waals surface area contributed by atoms with Crippen molar-refractivity contribution in [3.8, 4) is 0 Å². The minimum absolute atomic E-state index is 0.00955. The van der Waals surface area contributed by atoms with Crippen molar-refractivity contribution in [1.82, 2.24) is 4.98 Å². The van der Waals surface area contributed by atoms with Crippen LogP contribution in [0.2, 0.25) is 0 Å². The van der Waals surface area contributed by atoms with Gasteiger partial charge in [-0.3, -0.25) is 9.59 Å². The van der Waals surface area contributed by atoms with E-state index < -0.39 is 0 Å². The van der Waals surface area contributed by atoms with Gasteiger partial charge in [0, 0.05) is 0 Å². The minimum atomic E-state index is -0.179. The summed E-state index contributed by atoms with van der Waals surface area (Å²) in [6.45, 7) is 0.143. The number of aromatic nitrogens is 1. The van der Waals surface area contributed by atoms with E-state index in [-0.39, 0.29) is 24.7 Å². The van der Waals surface area contributed by atoms with Gasteiger partial charge < -0.3 is 10.6 Å². The zero-order valence-corrected chi connectivity index (χ0v) is 7.43. The molecule has 1 amide bonds. The monoisotopic (exact) mass is 191 g/mol. The molecule has 14 heavy (non-hydrogen) atoms. The zero-order valence-electron chi connectivity index (χ0n) is 7.43. The maximum atomic E-state index is 11.3. The van der Waals surface area contributed by atoms with Gasteiger partial charge in [-0.25, -0.2) is 4.98 Å². The van der Waals surface area contributed by atoms with E-state index in [1.54, 1.807) is 12.1 Å². The molecule has 2 rings (SSSR count). The molecular weight excluding hydrogens is 182 g/mol. The smallest absolute Gasteiger partial charge is 0.234 e. The van der Waals surface area contributed by atoms with Crippen LogP contribution in [0, 0.1) is 0 Å². The number of hydrogen-bond donors (Lipinski definition) is 1. The Bertz CT molecular complexity index is 386. The first-order valence-corrected chi connectivity index (χ1v) is 4.20. The summed E-state index contributed by atoms with van der Waals surface area (Å²) in [7, 11) is 0. The van der Waals surface area contributed by atoms with Crippen molar-refractivity contribution in [3.63, 3.8) is 0 Å². The average Bonchev–Trinajstić information content (AvgIpc) is 2.47. The molecule has 0 aliphatic carbocycles. The molecule has 0 aromatic carbocycles. The van der Waals surface area contributed by atoms with E-state index in [1.807, 2.05) is 0 Å². The SMILES string of the molecule is Nc1ccc(N2CC(=O)CC2=O)cn1. The predicted octanol–water partition coefficient (Wildman–Crippen LogP) is -0.0304. The van der Waals surface area contributed by atoms with Gasteiger partial charge in [-0.1, -0.05) is 0 Å². The molecule has 0 unspecified atom stereocenters. The lowest BCUT2D eigenvalue weighted by Crippen LogP contribution is -2.24. The van der Waals surface area contributed by atoms with Gasteiger partial charge in [-0.2, -0.15) is 0 Å². The van der Waals surface area contributed by atoms with Gasteiger partial charge in [0.2, 0.25) is 5.91 Å². The normalized spacial score (nSPS) is 16.4. The molecule has 2 N–H and O–H groups in total. The van der Waals surface area contributed by atoms with Crippen LogP contribution in [0.25, 0.3) is 0 Å². The molecule has 5 nitrogen and oxygen atoms in total. The maximum absolute atomic E-state index is 11.3. The molecule has 1 aromatic heterocycles. The third-order valence-electron chi connectivity index (χ3n) is 2.07. The van der Waals surface area contributed by atoms with Crippen LogP contribution in [0.5, 0.6) is 0 Å². The van der Waals surface area contributed by atoms with E-state index in [1.165, 1.54) is 11.1 Å². The fraction of sp³-hybridized carbons (Fsp3) is 0.222. The third-order valence-corrected chi connectivity index (χ3v) is 2.07. The predicted molar refractivity (Wildman–Crippen MR) is 50.6 cm³/mol. The summed E-state index contributed by atoms with van der Waals surface area (Å²) in [5.41, 5.74) is 6.03. The van der Waals surface area contributed by atoms with Gasteiger partial charge in [-0.15, -0.1) is 0 Å². The van der Waals surface area contributed by atoms with Crippen molar-refractivity contribution in [3.05, 3.63) is 18.3 Å². The molecule has 1 aliphatic rings. The summed E-state index contributed by atoms with van der Waals surface area (Å²) < 4.78 is 0. The molecule has 0 bridgehead atoms. The Morgan fingerprint density at radius 2 is 2.14 bits per heavy atom. The van der Waals surface area contributed by atoms with E-state index in [0.717, 1.165) is 0 Å². The Morgan fingerprint density at radius 1 is 1.36 bits per heavy atom. The topological polar surface area (TPSA) is 76.3 Å². The number of ketones is 1. The quantitative estimate of drug-likeness (QED) is 0.632. The third kappa shape index (κ3) is 1.44. The maximum Gasteiger partial charge on any atom is 0.234 e. The highest BCUT2D eigenvalue weighted by atomic mass is 16.2. The number of rotatable bonds is 1. The van der Waals surface area contributed by atoms with Crippen molar-refractivity contribution in [1.29, 1.82) is 0 Å². The van der Waals surface area contributed by atoms with Gasteiger partial charge in [0.1, 0.15) is 5.82 Å². The van der Waals surface area contributed by atoms with Gasteiger partial charge in [0.15, 0.2) is 5.78 Å². The van der Waals surface area contributed by atoms with Gasteiger partial charge in [-0.05, 0) is 12.1 Å². The standard InChI is InChI=1S/C9H9N3O2/c10-8-2-1-6(4-11-8)12-5-7(13)3-9(12)14/h1-2,4H,3,5H2,(H2,10,11).